The maximum absolute atomic E-state index is 12.4. The average Bonchev–Trinajstić information content (AvgIpc) is 3.16. The first-order valence-corrected chi connectivity index (χ1v) is 8.08. The van der Waals surface area contributed by atoms with Gasteiger partial charge in [-0.15, -0.1) is 0 Å². The van der Waals surface area contributed by atoms with E-state index in [-0.39, 0.29) is 12.3 Å². The van der Waals surface area contributed by atoms with Crippen LogP contribution >= 0.6 is 11.6 Å². The summed E-state index contributed by atoms with van der Waals surface area (Å²) < 4.78 is 1.83. The van der Waals surface area contributed by atoms with E-state index >= 15 is 0 Å². The van der Waals surface area contributed by atoms with Crippen LogP contribution in [0.15, 0.2) is 73.1 Å². The molecule has 0 saturated carbocycles. The Morgan fingerprint density at radius 3 is 2.32 bits per heavy atom. The highest BCUT2D eigenvalue weighted by Crippen LogP contribution is 2.16. The summed E-state index contributed by atoms with van der Waals surface area (Å²) in [4.78, 5) is 24.4. The van der Waals surface area contributed by atoms with Crippen LogP contribution in [0.4, 0.5) is 0 Å². The Bertz CT molecular complexity index is 891. The summed E-state index contributed by atoms with van der Waals surface area (Å²) >= 11 is 6.03. The fraction of sp³-hybridized carbons (Fsp3) is 0.0526. The number of nitrogens with one attached hydrogen (secondary N) is 2. The zero-order chi connectivity index (χ0) is 17.6. The molecule has 1 aromatic heterocycles. The molecular weight excluding hydrogens is 338 g/mol. The standard InChI is InChI=1S/C19H16ClN3O2/c20-16-9-3-1-7-14(16)13-18(24)21-22-19(25)15-8-2-4-10-17(15)23-11-5-6-12-23/h1-12H,13H2,(H,21,24)(H,22,25). The Kier molecular flexibility index (Phi) is 5.16. The molecule has 2 amide bonds. The van der Waals surface area contributed by atoms with Gasteiger partial charge >= 0.3 is 0 Å². The number of rotatable bonds is 4. The van der Waals surface area contributed by atoms with Crippen molar-refractivity contribution in [1.29, 1.82) is 0 Å². The topological polar surface area (TPSA) is 63.1 Å². The van der Waals surface area contributed by atoms with Gasteiger partial charge in [-0.25, -0.2) is 0 Å². The van der Waals surface area contributed by atoms with Crippen molar-refractivity contribution in [2.75, 3.05) is 0 Å². The third-order valence-electron chi connectivity index (χ3n) is 3.66. The SMILES string of the molecule is O=C(Cc1ccccc1Cl)NNC(=O)c1ccccc1-n1cccc1. The lowest BCUT2D eigenvalue weighted by Gasteiger charge is -2.12. The van der Waals surface area contributed by atoms with Gasteiger partial charge in [0.15, 0.2) is 0 Å². The minimum Gasteiger partial charge on any atom is -0.323 e. The van der Waals surface area contributed by atoms with Crippen molar-refractivity contribution in [3.8, 4) is 5.69 Å². The molecule has 0 aliphatic carbocycles. The Morgan fingerprint density at radius 1 is 0.880 bits per heavy atom. The van der Waals surface area contributed by atoms with Gasteiger partial charge in [-0.05, 0) is 35.9 Å². The Balaban J connectivity index is 1.66. The largest absolute Gasteiger partial charge is 0.323 e. The number of benzene rings is 2. The number of hydrogen-bond donors (Lipinski definition) is 2. The van der Waals surface area contributed by atoms with E-state index in [2.05, 4.69) is 10.9 Å². The zero-order valence-electron chi connectivity index (χ0n) is 13.3. The second-order valence-corrected chi connectivity index (χ2v) is 5.79. The van der Waals surface area contributed by atoms with Crippen LogP contribution in [0, 0.1) is 0 Å². The first-order chi connectivity index (χ1) is 12.1. The van der Waals surface area contributed by atoms with Crippen LogP contribution in [0.5, 0.6) is 0 Å². The van der Waals surface area contributed by atoms with E-state index < -0.39 is 5.91 Å². The van der Waals surface area contributed by atoms with Gasteiger partial charge in [-0.3, -0.25) is 20.4 Å². The highest BCUT2D eigenvalue weighted by atomic mass is 35.5. The monoisotopic (exact) mass is 353 g/mol. The van der Waals surface area contributed by atoms with E-state index in [9.17, 15) is 9.59 Å². The molecule has 3 aromatic rings. The van der Waals surface area contributed by atoms with Crippen molar-refractivity contribution in [3.63, 3.8) is 0 Å². The van der Waals surface area contributed by atoms with Crippen molar-refractivity contribution >= 4 is 23.4 Å². The molecule has 1 heterocycles. The smallest absolute Gasteiger partial charge is 0.271 e. The first-order valence-electron chi connectivity index (χ1n) is 7.70. The summed E-state index contributed by atoms with van der Waals surface area (Å²) in [5.74, 6) is -0.739. The number of hydrogen-bond acceptors (Lipinski definition) is 2. The summed E-state index contributed by atoms with van der Waals surface area (Å²) in [6, 6.07) is 18.0. The van der Waals surface area contributed by atoms with E-state index in [0.717, 1.165) is 5.69 Å². The molecule has 0 bridgehead atoms. The lowest BCUT2D eigenvalue weighted by Crippen LogP contribution is -2.42. The number of carbonyl (C=O) groups excluding carboxylic acids is 2. The first kappa shape index (κ1) is 16.8. The quantitative estimate of drug-likeness (QED) is 0.708. The van der Waals surface area contributed by atoms with Gasteiger partial charge in [0, 0.05) is 17.4 Å². The number of carbonyl (C=O) groups is 2. The van der Waals surface area contributed by atoms with Gasteiger partial charge in [0.1, 0.15) is 0 Å². The van der Waals surface area contributed by atoms with Crippen LogP contribution in [-0.4, -0.2) is 16.4 Å². The van der Waals surface area contributed by atoms with Gasteiger partial charge in [0.05, 0.1) is 17.7 Å². The number of aromatic nitrogens is 1. The minimum absolute atomic E-state index is 0.0825. The van der Waals surface area contributed by atoms with Crippen LogP contribution in [0.2, 0.25) is 5.02 Å². The van der Waals surface area contributed by atoms with Gasteiger partial charge in [-0.1, -0.05) is 41.9 Å². The zero-order valence-corrected chi connectivity index (χ0v) is 14.0. The van der Waals surface area contributed by atoms with Gasteiger partial charge < -0.3 is 4.57 Å². The number of para-hydroxylation sites is 1. The molecule has 25 heavy (non-hydrogen) atoms. The lowest BCUT2D eigenvalue weighted by atomic mass is 10.1. The highest BCUT2D eigenvalue weighted by Gasteiger charge is 2.13. The molecule has 0 spiro atoms. The molecule has 6 heteroatoms. The maximum Gasteiger partial charge on any atom is 0.271 e. The molecule has 0 fully saturated rings. The second kappa shape index (κ2) is 7.68. The molecular formula is C19H16ClN3O2. The van der Waals surface area contributed by atoms with Crippen molar-refractivity contribution in [2.45, 2.75) is 6.42 Å². The molecule has 0 aliphatic rings. The van der Waals surface area contributed by atoms with Crippen molar-refractivity contribution in [3.05, 3.63) is 89.2 Å². The predicted octanol–water partition coefficient (Wildman–Crippen LogP) is 3.13. The summed E-state index contributed by atoms with van der Waals surface area (Å²) in [5.41, 5.74) is 6.75. The van der Waals surface area contributed by atoms with E-state index in [1.807, 2.05) is 41.2 Å². The van der Waals surface area contributed by atoms with Gasteiger partial charge in [-0.2, -0.15) is 0 Å². The van der Waals surface area contributed by atoms with Crippen LogP contribution in [0.3, 0.4) is 0 Å². The fourth-order valence-corrected chi connectivity index (χ4v) is 2.64. The average molecular weight is 354 g/mol. The van der Waals surface area contributed by atoms with E-state index in [4.69, 9.17) is 11.6 Å². The number of nitrogens with zero attached hydrogens (tertiary/aromatic N) is 1. The summed E-state index contributed by atoms with van der Waals surface area (Å²) in [6.45, 7) is 0. The third kappa shape index (κ3) is 4.08. The number of halogens is 1. The molecule has 0 unspecified atom stereocenters. The van der Waals surface area contributed by atoms with Gasteiger partial charge in [0.2, 0.25) is 5.91 Å². The normalized spacial score (nSPS) is 10.3. The Hall–Kier alpha value is -3.05. The van der Waals surface area contributed by atoms with Crippen molar-refractivity contribution in [1.82, 2.24) is 15.4 Å². The fourth-order valence-electron chi connectivity index (χ4n) is 2.44. The molecule has 0 aliphatic heterocycles. The predicted molar refractivity (Wildman–Crippen MR) is 96.5 cm³/mol. The number of amides is 2. The molecule has 3 rings (SSSR count). The molecule has 0 atom stereocenters. The molecule has 2 aromatic carbocycles. The second-order valence-electron chi connectivity index (χ2n) is 5.38. The molecule has 2 N–H and O–H groups in total. The third-order valence-corrected chi connectivity index (χ3v) is 4.02. The van der Waals surface area contributed by atoms with Crippen LogP contribution in [-0.2, 0) is 11.2 Å². The lowest BCUT2D eigenvalue weighted by molar-refractivity contribution is -0.121. The summed E-state index contributed by atoms with van der Waals surface area (Å²) in [6.07, 6.45) is 3.78. The molecule has 5 nitrogen and oxygen atoms in total. The van der Waals surface area contributed by atoms with Crippen LogP contribution in [0.1, 0.15) is 15.9 Å². The van der Waals surface area contributed by atoms with E-state index in [1.54, 1.807) is 36.4 Å². The molecule has 0 radical (unpaired) electrons. The summed E-state index contributed by atoms with van der Waals surface area (Å²) in [7, 11) is 0. The van der Waals surface area contributed by atoms with E-state index in [0.29, 0.717) is 16.1 Å². The number of hydrazine groups is 1. The van der Waals surface area contributed by atoms with Crippen LogP contribution in [0.25, 0.3) is 5.69 Å². The minimum atomic E-state index is -0.392. The van der Waals surface area contributed by atoms with Gasteiger partial charge in [0.25, 0.3) is 5.91 Å². The van der Waals surface area contributed by atoms with Crippen LogP contribution < -0.4 is 10.9 Å². The maximum atomic E-state index is 12.4. The highest BCUT2D eigenvalue weighted by molar-refractivity contribution is 6.31. The molecule has 0 saturated heterocycles. The van der Waals surface area contributed by atoms with E-state index in [1.165, 1.54) is 0 Å². The Morgan fingerprint density at radius 2 is 1.56 bits per heavy atom. The van der Waals surface area contributed by atoms with Crippen molar-refractivity contribution in [2.24, 2.45) is 0 Å². The Labute approximate surface area is 150 Å². The van der Waals surface area contributed by atoms with Crippen molar-refractivity contribution < 1.29 is 9.59 Å². The summed E-state index contributed by atoms with van der Waals surface area (Å²) in [5, 5.41) is 0.516. The molecule has 126 valence electrons.